The first kappa shape index (κ1) is 17.1. The Bertz CT molecular complexity index is 788. The molecule has 1 aromatic heterocycles. The predicted octanol–water partition coefficient (Wildman–Crippen LogP) is 4.25. The van der Waals surface area contributed by atoms with E-state index in [4.69, 9.17) is 23.2 Å². The largest absolute Gasteiger partial charge is 0.363 e. The van der Waals surface area contributed by atoms with Crippen LogP contribution in [0.25, 0.3) is 0 Å². The molecule has 1 aromatic carbocycles. The van der Waals surface area contributed by atoms with Crippen molar-refractivity contribution in [3.8, 4) is 0 Å². The summed E-state index contributed by atoms with van der Waals surface area (Å²) in [5.41, 5.74) is 1.95. The molecule has 1 saturated heterocycles. The van der Waals surface area contributed by atoms with E-state index in [0.717, 1.165) is 17.7 Å². The van der Waals surface area contributed by atoms with E-state index in [9.17, 15) is 0 Å². The molecule has 5 nitrogen and oxygen atoms in total. The lowest BCUT2D eigenvalue weighted by Gasteiger charge is -2.43. The molecule has 3 heterocycles. The number of hydrogen-bond acceptors (Lipinski definition) is 5. The number of fused-ring (bicyclic) bond motifs is 1. The van der Waals surface area contributed by atoms with Gasteiger partial charge in [0.25, 0.3) is 0 Å². The van der Waals surface area contributed by atoms with Crippen LogP contribution in [-0.2, 0) is 0 Å². The lowest BCUT2D eigenvalue weighted by molar-refractivity contribution is 0.0831. The minimum absolute atomic E-state index is 0.00861. The summed E-state index contributed by atoms with van der Waals surface area (Å²) in [6, 6.07) is 9.71. The van der Waals surface area contributed by atoms with Crippen LogP contribution in [0.15, 0.2) is 47.8 Å². The summed E-state index contributed by atoms with van der Waals surface area (Å²) in [7, 11) is 0. The van der Waals surface area contributed by atoms with Crippen molar-refractivity contribution in [2.24, 2.45) is 5.10 Å². The fourth-order valence-electron chi connectivity index (χ4n) is 3.26. The first-order valence-electron chi connectivity index (χ1n) is 7.96. The summed E-state index contributed by atoms with van der Waals surface area (Å²) in [5.74, 6) is 0. The second-order valence-electron chi connectivity index (χ2n) is 6.03. The molecule has 0 radical (unpaired) electrons. The minimum Gasteiger partial charge on any atom is -0.363 e. The normalized spacial score (nSPS) is 28.0. The van der Waals surface area contributed by atoms with Crippen LogP contribution in [-0.4, -0.2) is 33.4 Å². The average Bonchev–Trinajstić information content (AvgIpc) is 3.00. The maximum Gasteiger partial charge on any atom is 0.119 e. The first-order chi connectivity index (χ1) is 12.1. The van der Waals surface area contributed by atoms with Gasteiger partial charge in [0.1, 0.15) is 12.3 Å². The number of rotatable bonds is 3. The molecule has 4 unspecified atom stereocenters. The topological polar surface area (TPSA) is 52.6 Å². The first-order valence-corrected chi connectivity index (χ1v) is 9.63. The highest BCUT2D eigenvalue weighted by atomic mass is 79.9. The van der Waals surface area contributed by atoms with Gasteiger partial charge in [-0.25, -0.2) is 0 Å². The van der Waals surface area contributed by atoms with Gasteiger partial charge >= 0.3 is 0 Å². The summed E-state index contributed by atoms with van der Waals surface area (Å²) in [4.78, 5) is 4.29. The van der Waals surface area contributed by atoms with Crippen molar-refractivity contribution < 1.29 is 0 Å². The molecule has 0 bridgehead atoms. The maximum absolute atomic E-state index is 6.45. The van der Waals surface area contributed by atoms with Gasteiger partial charge in [-0.3, -0.25) is 15.3 Å². The van der Waals surface area contributed by atoms with Gasteiger partial charge in [-0.1, -0.05) is 51.3 Å². The molecular formula is C17H16BrCl2N5. The third kappa shape index (κ3) is 3.36. The summed E-state index contributed by atoms with van der Waals surface area (Å²) in [6.07, 6.45) is 6.29. The Morgan fingerprint density at radius 2 is 2.12 bits per heavy atom. The van der Waals surface area contributed by atoms with Gasteiger partial charge < -0.3 is 5.32 Å². The van der Waals surface area contributed by atoms with Crippen molar-refractivity contribution >= 4 is 51.0 Å². The Kier molecular flexibility index (Phi) is 4.86. The van der Waals surface area contributed by atoms with Crippen LogP contribution in [0.5, 0.6) is 0 Å². The van der Waals surface area contributed by atoms with Crippen LogP contribution < -0.4 is 10.6 Å². The van der Waals surface area contributed by atoms with Crippen molar-refractivity contribution in [2.45, 2.75) is 29.6 Å². The molecule has 25 heavy (non-hydrogen) atoms. The number of nitrogens with zero attached hydrogens (tertiary/aromatic N) is 3. The molecule has 0 amide bonds. The highest BCUT2D eigenvalue weighted by Crippen LogP contribution is 2.37. The number of nitrogens with one attached hydrogen (secondary N) is 2. The molecule has 2 aromatic rings. The van der Waals surface area contributed by atoms with Crippen LogP contribution in [0.3, 0.4) is 0 Å². The minimum atomic E-state index is 0.00861. The fraction of sp³-hybridized carbons (Fsp3) is 0.294. The lowest BCUT2D eigenvalue weighted by atomic mass is 9.98. The molecule has 4 atom stereocenters. The van der Waals surface area contributed by atoms with Crippen LogP contribution in [0, 0.1) is 0 Å². The third-order valence-corrected chi connectivity index (χ3v) is 6.00. The molecule has 0 saturated carbocycles. The second-order valence-corrected chi connectivity index (χ2v) is 7.88. The van der Waals surface area contributed by atoms with Gasteiger partial charge in [0, 0.05) is 31.1 Å². The van der Waals surface area contributed by atoms with E-state index in [1.54, 1.807) is 12.3 Å². The van der Waals surface area contributed by atoms with Crippen molar-refractivity contribution in [1.82, 2.24) is 15.3 Å². The lowest BCUT2D eigenvalue weighted by Crippen LogP contribution is -2.58. The fourth-order valence-corrected chi connectivity index (χ4v) is 4.20. The van der Waals surface area contributed by atoms with Crippen molar-refractivity contribution in [3.63, 3.8) is 0 Å². The van der Waals surface area contributed by atoms with Crippen molar-refractivity contribution in [3.05, 3.63) is 58.3 Å². The van der Waals surface area contributed by atoms with Crippen LogP contribution in [0.1, 0.15) is 18.0 Å². The summed E-state index contributed by atoms with van der Waals surface area (Å²) in [5, 5.41) is 14.9. The Hall–Kier alpha value is -1.34. The molecule has 0 aliphatic carbocycles. The van der Waals surface area contributed by atoms with Gasteiger partial charge in [0.2, 0.25) is 0 Å². The van der Waals surface area contributed by atoms with Gasteiger partial charge in [-0.15, -0.1) is 0 Å². The van der Waals surface area contributed by atoms with E-state index < -0.39 is 0 Å². The molecule has 8 heteroatoms. The van der Waals surface area contributed by atoms with Gasteiger partial charge in [0.05, 0.1) is 20.6 Å². The molecule has 4 rings (SSSR count). The Balaban J connectivity index is 1.63. The number of benzene rings is 1. The van der Waals surface area contributed by atoms with Crippen LogP contribution in [0.4, 0.5) is 5.69 Å². The third-order valence-electron chi connectivity index (χ3n) is 4.43. The van der Waals surface area contributed by atoms with Crippen LogP contribution in [0.2, 0.25) is 10.0 Å². The summed E-state index contributed by atoms with van der Waals surface area (Å²) < 4.78 is 0. The van der Waals surface area contributed by atoms with E-state index >= 15 is 0 Å². The summed E-state index contributed by atoms with van der Waals surface area (Å²) in [6.45, 7) is 0. The Labute approximate surface area is 164 Å². The zero-order valence-corrected chi connectivity index (χ0v) is 16.2. The van der Waals surface area contributed by atoms with E-state index in [-0.39, 0.29) is 23.2 Å². The van der Waals surface area contributed by atoms with Crippen molar-refractivity contribution in [1.29, 1.82) is 0 Å². The van der Waals surface area contributed by atoms with E-state index in [0.29, 0.717) is 10.0 Å². The zero-order valence-electron chi connectivity index (χ0n) is 13.1. The Morgan fingerprint density at radius 1 is 1.24 bits per heavy atom. The quantitative estimate of drug-likeness (QED) is 0.700. The molecule has 130 valence electrons. The number of halogens is 3. The van der Waals surface area contributed by atoms with E-state index in [2.05, 4.69) is 36.6 Å². The Morgan fingerprint density at radius 3 is 2.92 bits per heavy atom. The van der Waals surface area contributed by atoms with Gasteiger partial charge in [-0.2, -0.15) is 5.10 Å². The number of anilines is 1. The summed E-state index contributed by atoms with van der Waals surface area (Å²) >= 11 is 16.3. The smallest absolute Gasteiger partial charge is 0.119 e. The standard InChI is InChI=1S/C17H16BrCl2N5/c18-12-9-22-25-15(23-10-3-2-6-21-8-10)7-14(24-17(12)25)11-4-1-5-13(19)16(11)20/h1-6,8-9,12,14-15,17,23-24H,7H2. The number of aromatic nitrogens is 1. The highest BCUT2D eigenvalue weighted by Gasteiger charge is 2.41. The number of hydrogen-bond donors (Lipinski definition) is 2. The average molecular weight is 441 g/mol. The van der Waals surface area contributed by atoms with E-state index in [1.165, 1.54) is 0 Å². The second kappa shape index (κ2) is 7.11. The highest BCUT2D eigenvalue weighted by molar-refractivity contribution is 9.10. The molecule has 2 aliphatic heterocycles. The monoisotopic (exact) mass is 439 g/mol. The van der Waals surface area contributed by atoms with Gasteiger partial charge in [-0.05, 0) is 23.8 Å². The van der Waals surface area contributed by atoms with E-state index in [1.807, 2.05) is 41.7 Å². The SMILES string of the molecule is Clc1cccc(C2CC(Nc3cccnc3)N3N=CC(Br)C3N2)c1Cl. The molecular weight excluding hydrogens is 425 g/mol. The number of hydrazone groups is 1. The predicted molar refractivity (Wildman–Crippen MR) is 105 cm³/mol. The molecule has 1 fully saturated rings. The number of pyridine rings is 1. The zero-order chi connectivity index (χ0) is 17.4. The number of alkyl halides is 1. The van der Waals surface area contributed by atoms with Crippen molar-refractivity contribution in [2.75, 3.05) is 5.32 Å². The van der Waals surface area contributed by atoms with Gasteiger partial charge in [0.15, 0.2) is 0 Å². The molecule has 2 aliphatic rings. The molecule has 0 spiro atoms. The maximum atomic E-state index is 6.45. The molecule has 2 N–H and O–H groups in total. The van der Waals surface area contributed by atoms with Crippen LogP contribution >= 0.6 is 39.1 Å².